The largest absolute Gasteiger partial charge is 0.497 e. The number of hydrogen-bond acceptors (Lipinski definition) is 5. The lowest BCUT2D eigenvalue weighted by Gasteiger charge is -2.20. The molecule has 1 aromatic heterocycles. The van der Waals surface area contributed by atoms with E-state index in [-0.39, 0.29) is 36.6 Å². The number of para-hydroxylation sites is 2. The molecule has 2 heterocycles. The van der Waals surface area contributed by atoms with Gasteiger partial charge in [0.15, 0.2) is 0 Å². The second-order valence-corrected chi connectivity index (χ2v) is 8.34. The van der Waals surface area contributed by atoms with Crippen LogP contribution in [-0.4, -0.2) is 41.0 Å². The molecule has 2 atom stereocenters. The van der Waals surface area contributed by atoms with Gasteiger partial charge < -0.3 is 20.4 Å². The fourth-order valence-electron chi connectivity index (χ4n) is 3.89. The first-order valence-electron chi connectivity index (χ1n) is 10.9. The van der Waals surface area contributed by atoms with Gasteiger partial charge >= 0.3 is 6.03 Å². The number of aromatic amines is 1. The molecule has 2 aromatic carbocycles. The highest BCUT2D eigenvalue weighted by atomic mass is 16.5. The number of urea groups is 1. The molecule has 33 heavy (non-hydrogen) atoms. The second kappa shape index (κ2) is 9.32. The number of anilines is 1. The summed E-state index contributed by atoms with van der Waals surface area (Å²) in [5.41, 5.74) is 2.20. The van der Waals surface area contributed by atoms with Gasteiger partial charge in [0.2, 0.25) is 5.91 Å². The number of benzene rings is 2. The first-order valence-corrected chi connectivity index (χ1v) is 10.9. The molecule has 172 valence electrons. The van der Waals surface area contributed by atoms with Crippen LogP contribution in [0.5, 0.6) is 5.75 Å². The number of nitrogens with zero attached hydrogens (tertiary/aromatic N) is 2. The summed E-state index contributed by atoms with van der Waals surface area (Å²) in [4.78, 5) is 46.9. The Morgan fingerprint density at radius 2 is 1.88 bits per heavy atom. The van der Waals surface area contributed by atoms with E-state index < -0.39 is 12.1 Å². The van der Waals surface area contributed by atoms with E-state index in [4.69, 9.17) is 4.74 Å². The number of rotatable bonds is 8. The van der Waals surface area contributed by atoms with Crippen LogP contribution in [0.2, 0.25) is 0 Å². The summed E-state index contributed by atoms with van der Waals surface area (Å²) in [6, 6.07) is 12.8. The summed E-state index contributed by atoms with van der Waals surface area (Å²) in [6.45, 7) is 4.01. The molecule has 1 aliphatic heterocycles. The SMILES string of the molecule is COc1ccc(N2C(=O)NC(CCC(=O)NC(c3nc4ccccc4[nH]3)C(C)C)C2=O)cc1. The lowest BCUT2D eigenvalue weighted by Crippen LogP contribution is -2.35. The minimum absolute atomic E-state index is 0.0938. The molecule has 9 heteroatoms. The molecule has 1 fully saturated rings. The zero-order valence-corrected chi connectivity index (χ0v) is 18.8. The first-order chi connectivity index (χ1) is 15.9. The fraction of sp³-hybridized carbons (Fsp3) is 0.333. The average molecular weight is 450 g/mol. The quantitative estimate of drug-likeness (QED) is 0.456. The lowest BCUT2D eigenvalue weighted by molar-refractivity contribution is -0.122. The van der Waals surface area contributed by atoms with E-state index in [1.165, 1.54) is 0 Å². The minimum atomic E-state index is -0.756. The van der Waals surface area contributed by atoms with Gasteiger partial charge in [0, 0.05) is 6.42 Å². The molecule has 0 saturated carbocycles. The number of amides is 4. The highest BCUT2D eigenvalue weighted by molar-refractivity contribution is 6.21. The topological polar surface area (TPSA) is 116 Å². The summed E-state index contributed by atoms with van der Waals surface area (Å²) in [7, 11) is 1.54. The number of fused-ring (bicyclic) bond motifs is 1. The van der Waals surface area contributed by atoms with Gasteiger partial charge in [-0.2, -0.15) is 0 Å². The maximum absolute atomic E-state index is 12.8. The average Bonchev–Trinajstić information content (AvgIpc) is 3.36. The summed E-state index contributed by atoms with van der Waals surface area (Å²) < 4.78 is 5.11. The predicted octanol–water partition coefficient (Wildman–Crippen LogP) is 3.29. The number of carbonyl (C=O) groups is 3. The van der Waals surface area contributed by atoms with E-state index in [0.29, 0.717) is 17.3 Å². The van der Waals surface area contributed by atoms with Crippen molar-refractivity contribution in [1.29, 1.82) is 0 Å². The van der Waals surface area contributed by atoms with Crippen molar-refractivity contribution in [1.82, 2.24) is 20.6 Å². The van der Waals surface area contributed by atoms with Gasteiger partial charge in [-0.3, -0.25) is 9.59 Å². The third-order valence-corrected chi connectivity index (χ3v) is 5.70. The summed E-state index contributed by atoms with van der Waals surface area (Å²) >= 11 is 0. The Morgan fingerprint density at radius 1 is 1.15 bits per heavy atom. The van der Waals surface area contributed by atoms with Crippen molar-refractivity contribution >= 4 is 34.6 Å². The van der Waals surface area contributed by atoms with Gasteiger partial charge in [-0.1, -0.05) is 26.0 Å². The highest BCUT2D eigenvalue weighted by Crippen LogP contribution is 2.25. The van der Waals surface area contributed by atoms with E-state index in [1.807, 2.05) is 38.1 Å². The van der Waals surface area contributed by atoms with E-state index in [1.54, 1.807) is 31.4 Å². The van der Waals surface area contributed by atoms with Gasteiger partial charge in [-0.15, -0.1) is 0 Å². The zero-order chi connectivity index (χ0) is 23.5. The summed E-state index contributed by atoms with van der Waals surface area (Å²) in [5, 5.41) is 5.68. The van der Waals surface area contributed by atoms with Gasteiger partial charge in [0.05, 0.1) is 29.9 Å². The van der Waals surface area contributed by atoms with E-state index in [0.717, 1.165) is 15.9 Å². The Kier molecular flexibility index (Phi) is 6.30. The molecule has 0 radical (unpaired) electrons. The van der Waals surface area contributed by atoms with Gasteiger partial charge in [-0.05, 0) is 48.7 Å². The van der Waals surface area contributed by atoms with Crippen LogP contribution in [-0.2, 0) is 9.59 Å². The third kappa shape index (κ3) is 4.67. The van der Waals surface area contributed by atoms with Crippen molar-refractivity contribution in [2.24, 2.45) is 5.92 Å². The number of imide groups is 1. The van der Waals surface area contributed by atoms with Crippen molar-refractivity contribution in [3.63, 3.8) is 0 Å². The number of nitrogens with one attached hydrogen (secondary N) is 3. The molecule has 0 bridgehead atoms. The molecule has 0 aliphatic carbocycles. The molecule has 1 saturated heterocycles. The monoisotopic (exact) mass is 449 g/mol. The lowest BCUT2D eigenvalue weighted by atomic mass is 10.0. The van der Waals surface area contributed by atoms with Crippen LogP contribution >= 0.6 is 0 Å². The zero-order valence-electron chi connectivity index (χ0n) is 18.8. The molecule has 4 amide bonds. The van der Waals surface area contributed by atoms with Crippen LogP contribution in [0.15, 0.2) is 48.5 Å². The number of ether oxygens (including phenoxy) is 1. The van der Waals surface area contributed by atoms with Crippen molar-refractivity contribution in [3.05, 3.63) is 54.4 Å². The van der Waals surface area contributed by atoms with Gasteiger partial charge in [0.25, 0.3) is 5.91 Å². The molecule has 4 rings (SSSR count). The molecule has 0 spiro atoms. The van der Waals surface area contributed by atoms with Crippen LogP contribution in [0.25, 0.3) is 11.0 Å². The Labute approximate surface area is 191 Å². The second-order valence-electron chi connectivity index (χ2n) is 8.34. The molecule has 1 aliphatic rings. The van der Waals surface area contributed by atoms with Crippen LogP contribution < -0.4 is 20.3 Å². The number of imidazole rings is 1. The smallest absolute Gasteiger partial charge is 0.329 e. The van der Waals surface area contributed by atoms with E-state index in [9.17, 15) is 14.4 Å². The number of hydrogen-bond donors (Lipinski definition) is 3. The van der Waals surface area contributed by atoms with Gasteiger partial charge in [-0.25, -0.2) is 14.7 Å². The number of carbonyl (C=O) groups excluding carboxylic acids is 3. The number of H-pyrrole nitrogens is 1. The maximum atomic E-state index is 12.8. The fourth-order valence-corrected chi connectivity index (χ4v) is 3.89. The van der Waals surface area contributed by atoms with Crippen LogP contribution in [0.3, 0.4) is 0 Å². The molecule has 3 aromatic rings. The maximum Gasteiger partial charge on any atom is 0.329 e. The van der Waals surface area contributed by atoms with Crippen molar-refractivity contribution in [2.45, 2.75) is 38.8 Å². The van der Waals surface area contributed by atoms with Crippen LogP contribution in [0.1, 0.15) is 38.6 Å². The predicted molar refractivity (Wildman–Crippen MR) is 124 cm³/mol. The highest BCUT2D eigenvalue weighted by Gasteiger charge is 2.39. The van der Waals surface area contributed by atoms with Crippen LogP contribution in [0.4, 0.5) is 10.5 Å². The third-order valence-electron chi connectivity index (χ3n) is 5.70. The molecular formula is C24H27N5O4. The molecule has 2 unspecified atom stereocenters. The Balaban J connectivity index is 1.38. The first kappa shape index (κ1) is 22.3. The number of methoxy groups -OCH3 is 1. The normalized spacial score (nSPS) is 16.8. The van der Waals surface area contributed by atoms with Crippen molar-refractivity contribution < 1.29 is 19.1 Å². The van der Waals surface area contributed by atoms with E-state index in [2.05, 4.69) is 20.6 Å². The van der Waals surface area contributed by atoms with E-state index >= 15 is 0 Å². The Morgan fingerprint density at radius 3 is 2.55 bits per heavy atom. The standard InChI is InChI=1S/C24H27N5O4/c1-14(2)21(22-25-17-6-4-5-7-18(17)26-22)28-20(30)13-12-19-23(31)29(24(32)27-19)15-8-10-16(33-3)11-9-15/h4-11,14,19,21H,12-13H2,1-3H3,(H,25,26)(H,27,32)(H,28,30). The summed E-state index contributed by atoms with van der Waals surface area (Å²) in [6.07, 6.45) is 0.296. The summed E-state index contributed by atoms with van der Waals surface area (Å²) in [5.74, 6) is 0.835. The van der Waals surface area contributed by atoms with Crippen LogP contribution in [0, 0.1) is 5.92 Å². The number of aromatic nitrogens is 2. The Bertz CT molecular complexity index is 1140. The van der Waals surface area contributed by atoms with Gasteiger partial charge in [0.1, 0.15) is 17.6 Å². The minimum Gasteiger partial charge on any atom is -0.497 e. The van der Waals surface area contributed by atoms with Crippen molar-refractivity contribution in [3.8, 4) is 5.75 Å². The molecule has 3 N–H and O–H groups in total. The molecule has 9 nitrogen and oxygen atoms in total. The molecular weight excluding hydrogens is 422 g/mol. The Hall–Kier alpha value is -3.88. The van der Waals surface area contributed by atoms with Crippen molar-refractivity contribution in [2.75, 3.05) is 12.0 Å².